The number of amides is 1. The maximum Gasteiger partial charge on any atom is 0.419 e. The molecule has 0 unspecified atom stereocenters. The van der Waals surface area contributed by atoms with E-state index >= 15 is 0 Å². The lowest BCUT2D eigenvalue weighted by atomic mass is 10.1. The zero-order valence-corrected chi connectivity index (χ0v) is 14.8. The van der Waals surface area contributed by atoms with E-state index in [4.69, 9.17) is 14.6 Å². The van der Waals surface area contributed by atoms with Gasteiger partial charge in [-0.25, -0.2) is 4.79 Å². The van der Waals surface area contributed by atoms with Crippen LogP contribution in [0, 0.1) is 0 Å². The molecule has 0 spiro atoms. The molecule has 0 saturated carbocycles. The number of aliphatic carboxylic acids is 1. The topological polar surface area (TPSA) is 84.9 Å². The maximum absolute atomic E-state index is 13.2. The van der Waals surface area contributed by atoms with Crippen LogP contribution in [0.1, 0.15) is 38.3 Å². The second kappa shape index (κ2) is 8.77. The van der Waals surface area contributed by atoms with E-state index in [0.29, 0.717) is 0 Å². The fraction of sp³-hybridized carbons (Fsp3) is 0.529. The fourth-order valence-electron chi connectivity index (χ4n) is 1.96. The Morgan fingerprint density at radius 2 is 1.85 bits per heavy atom. The highest BCUT2D eigenvalue weighted by Gasteiger charge is 2.34. The van der Waals surface area contributed by atoms with Crippen LogP contribution < -0.4 is 10.1 Å². The zero-order chi connectivity index (χ0) is 20.0. The molecule has 0 bridgehead atoms. The van der Waals surface area contributed by atoms with E-state index in [1.54, 1.807) is 20.8 Å². The van der Waals surface area contributed by atoms with Gasteiger partial charge in [0.15, 0.2) is 0 Å². The second-order valence-electron chi connectivity index (χ2n) is 6.50. The third-order valence-corrected chi connectivity index (χ3v) is 3.00. The van der Waals surface area contributed by atoms with Crippen molar-refractivity contribution in [3.05, 3.63) is 29.3 Å². The average molecular weight is 377 g/mol. The molecule has 1 amide bonds. The predicted molar refractivity (Wildman–Crippen MR) is 87.1 cm³/mol. The lowest BCUT2D eigenvalue weighted by Crippen LogP contribution is -2.34. The van der Waals surface area contributed by atoms with E-state index in [1.807, 2.05) is 0 Å². The summed E-state index contributed by atoms with van der Waals surface area (Å²) in [5.41, 5.74) is -1.42. The Labute approximate surface area is 149 Å². The summed E-state index contributed by atoms with van der Waals surface area (Å²) in [4.78, 5) is 22.0. The van der Waals surface area contributed by atoms with Gasteiger partial charge in [-0.15, -0.1) is 0 Å². The minimum Gasteiger partial charge on any atom is -0.491 e. The summed E-state index contributed by atoms with van der Waals surface area (Å²) in [5.74, 6) is -1.48. The van der Waals surface area contributed by atoms with Crippen molar-refractivity contribution >= 4 is 12.1 Å². The summed E-state index contributed by atoms with van der Waals surface area (Å²) in [5, 5.41) is 11.0. The van der Waals surface area contributed by atoms with Crippen LogP contribution in [0.2, 0.25) is 0 Å². The minimum atomic E-state index is -4.65. The Morgan fingerprint density at radius 3 is 2.38 bits per heavy atom. The third-order valence-electron chi connectivity index (χ3n) is 3.00. The molecule has 0 aliphatic carbocycles. The highest BCUT2D eigenvalue weighted by Crippen LogP contribution is 2.37. The number of ether oxygens (including phenoxy) is 2. The standard InChI is InChI=1S/C17H22F3NO5/c1-16(2,3)26-15(24)21-8-9-25-13-6-4-11(5-7-14(22)23)10-12(13)17(18,19)20/h4,6,10H,5,7-9H2,1-3H3,(H,21,24)(H,22,23). The van der Waals surface area contributed by atoms with Gasteiger partial charge in [0.25, 0.3) is 0 Å². The van der Waals surface area contributed by atoms with Crippen LogP contribution in [0.15, 0.2) is 18.2 Å². The molecule has 0 aromatic heterocycles. The Kier molecular flexibility index (Phi) is 7.29. The van der Waals surface area contributed by atoms with Gasteiger partial charge in [-0.1, -0.05) is 6.07 Å². The fourth-order valence-corrected chi connectivity index (χ4v) is 1.96. The van der Waals surface area contributed by atoms with E-state index in [9.17, 15) is 22.8 Å². The van der Waals surface area contributed by atoms with Gasteiger partial charge in [-0.2, -0.15) is 13.2 Å². The first-order valence-corrected chi connectivity index (χ1v) is 7.90. The largest absolute Gasteiger partial charge is 0.491 e. The molecule has 9 heteroatoms. The number of carboxylic acids is 1. The lowest BCUT2D eigenvalue weighted by Gasteiger charge is -2.20. The monoisotopic (exact) mass is 377 g/mol. The number of nitrogens with one attached hydrogen (secondary N) is 1. The van der Waals surface area contributed by atoms with E-state index in [1.165, 1.54) is 6.07 Å². The molecule has 0 atom stereocenters. The number of carbonyl (C=O) groups is 2. The first kappa shape index (κ1) is 21.6. The van der Waals surface area contributed by atoms with Gasteiger partial charge in [0, 0.05) is 6.42 Å². The van der Waals surface area contributed by atoms with Gasteiger partial charge in [0.2, 0.25) is 0 Å². The summed E-state index contributed by atoms with van der Waals surface area (Å²) in [6.07, 6.45) is -5.62. The van der Waals surface area contributed by atoms with Gasteiger partial charge in [0.1, 0.15) is 18.0 Å². The predicted octanol–water partition coefficient (Wildman–Crippen LogP) is 3.63. The van der Waals surface area contributed by atoms with E-state index in [0.717, 1.165) is 12.1 Å². The molecule has 0 saturated heterocycles. The normalized spacial score (nSPS) is 11.8. The number of alkyl carbamates (subject to hydrolysis) is 1. The van der Waals surface area contributed by atoms with Crippen molar-refractivity contribution < 1.29 is 37.3 Å². The Morgan fingerprint density at radius 1 is 1.19 bits per heavy atom. The van der Waals surface area contributed by atoms with Crippen molar-refractivity contribution in [3.8, 4) is 5.75 Å². The van der Waals surface area contributed by atoms with E-state index in [-0.39, 0.29) is 37.3 Å². The summed E-state index contributed by atoms with van der Waals surface area (Å²) >= 11 is 0. The average Bonchev–Trinajstić information content (AvgIpc) is 2.47. The molecular weight excluding hydrogens is 355 g/mol. The van der Waals surface area contributed by atoms with Crippen LogP contribution in [-0.2, 0) is 22.1 Å². The van der Waals surface area contributed by atoms with Crippen LogP contribution >= 0.6 is 0 Å². The maximum atomic E-state index is 13.2. The molecule has 1 aromatic rings. The smallest absolute Gasteiger partial charge is 0.419 e. The van der Waals surface area contributed by atoms with Gasteiger partial charge >= 0.3 is 18.2 Å². The molecule has 0 radical (unpaired) electrons. The van der Waals surface area contributed by atoms with Gasteiger partial charge in [-0.05, 0) is 44.9 Å². The summed E-state index contributed by atoms with van der Waals surface area (Å²) in [6.45, 7) is 4.84. The number of hydrogen-bond acceptors (Lipinski definition) is 4. The number of carbonyl (C=O) groups excluding carboxylic acids is 1. The highest BCUT2D eigenvalue weighted by molar-refractivity contribution is 5.67. The minimum absolute atomic E-state index is 0.0150. The molecule has 0 fully saturated rings. The molecule has 26 heavy (non-hydrogen) atoms. The number of hydrogen-bond donors (Lipinski definition) is 2. The van der Waals surface area contributed by atoms with Crippen molar-refractivity contribution in [2.75, 3.05) is 13.2 Å². The number of carboxylic acid groups (broad SMARTS) is 1. The number of alkyl halides is 3. The molecule has 146 valence electrons. The van der Waals surface area contributed by atoms with Crippen LogP contribution in [0.25, 0.3) is 0 Å². The summed E-state index contributed by atoms with van der Waals surface area (Å²) in [7, 11) is 0. The second-order valence-corrected chi connectivity index (χ2v) is 6.50. The van der Waals surface area contributed by atoms with Crippen molar-refractivity contribution in [2.24, 2.45) is 0 Å². The van der Waals surface area contributed by atoms with E-state index in [2.05, 4.69) is 5.32 Å². The van der Waals surface area contributed by atoms with Crippen molar-refractivity contribution in [3.63, 3.8) is 0 Å². The SMILES string of the molecule is CC(C)(C)OC(=O)NCCOc1ccc(CCC(=O)O)cc1C(F)(F)F. The molecule has 1 rings (SSSR count). The Balaban J connectivity index is 2.68. The zero-order valence-electron chi connectivity index (χ0n) is 14.8. The third kappa shape index (κ3) is 8.09. The quantitative estimate of drug-likeness (QED) is 0.709. The summed E-state index contributed by atoms with van der Waals surface area (Å²) < 4.78 is 49.6. The Bertz CT molecular complexity index is 638. The van der Waals surface area contributed by atoms with E-state index < -0.39 is 29.4 Å². The van der Waals surface area contributed by atoms with Crippen LogP contribution in [0.3, 0.4) is 0 Å². The first-order valence-electron chi connectivity index (χ1n) is 7.90. The molecule has 6 nitrogen and oxygen atoms in total. The molecule has 0 heterocycles. The molecular formula is C17H22F3NO5. The Hall–Kier alpha value is -2.45. The molecule has 2 N–H and O–H groups in total. The first-order chi connectivity index (χ1) is 11.9. The molecule has 1 aromatic carbocycles. The molecule has 0 aliphatic rings. The summed E-state index contributed by atoms with van der Waals surface area (Å²) in [6, 6.07) is 3.40. The van der Waals surface area contributed by atoms with Crippen LogP contribution in [0.5, 0.6) is 5.75 Å². The van der Waals surface area contributed by atoms with Crippen molar-refractivity contribution in [1.82, 2.24) is 5.32 Å². The number of halogens is 3. The van der Waals surface area contributed by atoms with Crippen LogP contribution in [-0.4, -0.2) is 35.9 Å². The highest BCUT2D eigenvalue weighted by atomic mass is 19.4. The van der Waals surface area contributed by atoms with Gasteiger partial charge in [0.05, 0.1) is 12.1 Å². The number of benzene rings is 1. The van der Waals surface area contributed by atoms with Gasteiger partial charge < -0.3 is 19.9 Å². The van der Waals surface area contributed by atoms with Crippen molar-refractivity contribution in [1.29, 1.82) is 0 Å². The molecule has 0 aliphatic heterocycles. The van der Waals surface area contributed by atoms with Crippen molar-refractivity contribution in [2.45, 2.75) is 45.4 Å². The lowest BCUT2D eigenvalue weighted by molar-refractivity contribution is -0.139. The number of rotatable bonds is 7. The van der Waals surface area contributed by atoms with Crippen LogP contribution in [0.4, 0.5) is 18.0 Å². The number of aryl methyl sites for hydroxylation is 1. The van der Waals surface area contributed by atoms with Gasteiger partial charge in [-0.3, -0.25) is 4.79 Å².